The van der Waals surface area contributed by atoms with Gasteiger partial charge < -0.3 is 9.80 Å². The molecule has 2 atom stereocenters. The van der Waals surface area contributed by atoms with Crippen LogP contribution in [0.3, 0.4) is 0 Å². The second-order valence-electron chi connectivity index (χ2n) is 7.56. The molecular formula is C18H28N4O2. The van der Waals surface area contributed by atoms with Crippen LogP contribution in [0, 0.1) is 11.8 Å². The van der Waals surface area contributed by atoms with E-state index in [4.69, 9.17) is 0 Å². The second kappa shape index (κ2) is 6.95. The third kappa shape index (κ3) is 3.47. The Bertz CT molecular complexity index is 573. The number of aryl methyl sites for hydroxylation is 1. The molecule has 0 aromatic carbocycles. The van der Waals surface area contributed by atoms with Crippen LogP contribution < -0.4 is 0 Å². The normalized spacial score (nSPS) is 25.0. The zero-order chi connectivity index (χ0) is 17.3. The van der Waals surface area contributed by atoms with Gasteiger partial charge in [-0.2, -0.15) is 5.10 Å². The number of hydrogen-bond donors (Lipinski definition) is 0. The van der Waals surface area contributed by atoms with Crippen LogP contribution in [-0.2, 0) is 7.05 Å². The molecule has 0 spiro atoms. The van der Waals surface area contributed by atoms with Gasteiger partial charge in [0.25, 0.3) is 11.8 Å². The van der Waals surface area contributed by atoms with E-state index in [2.05, 4.69) is 18.9 Å². The zero-order valence-electron chi connectivity index (χ0n) is 15.0. The number of piperidine rings is 2. The van der Waals surface area contributed by atoms with E-state index in [1.54, 1.807) is 17.9 Å². The van der Waals surface area contributed by atoms with E-state index in [0.717, 1.165) is 51.9 Å². The number of amides is 2. The Labute approximate surface area is 143 Å². The Hall–Kier alpha value is -1.85. The molecule has 0 N–H and O–H groups in total. The highest BCUT2D eigenvalue weighted by atomic mass is 16.2. The lowest BCUT2D eigenvalue weighted by molar-refractivity contribution is 0.0641. The van der Waals surface area contributed by atoms with Crippen molar-refractivity contribution in [2.24, 2.45) is 18.9 Å². The van der Waals surface area contributed by atoms with Gasteiger partial charge in [0.15, 0.2) is 5.69 Å². The number of nitrogens with zero attached hydrogens (tertiary/aromatic N) is 4. The quantitative estimate of drug-likeness (QED) is 0.834. The summed E-state index contributed by atoms with van der Waals surface area (Å²) in [5, 5.41) is 4.32. The summed E-state index contributed by atoms with van der Waals surface area (Å²) in [4.78, 5) is 29.6. The van der Waals surface area contributed by atoms with E-state index < -0.39 is 0 Å². The lowest BCUT2D eigenvalue weighted by Gasteiger charge is -2.32. The number of likely N-dealkylation sites (tertiary alicyclic amines) is 2. The van der Waals surface area contributed by atoms with Gasteiger partial charge in [0, 0.05) is 39.4 Å². The fourth-order valence-electron chi connectivity index (χ4n) is 3.87. The minimum atomic E-state index is -0.101. The highest BCUT2D eigenvalue weighted by molar-refractivity contribution is 6.06. The molecule has 0 radical (unpaired) electrons. The van der Waals surface area contributed by atoms with Crippen LogP contribution >= 0.6 is 0 Å². The molecule has 1 aromatic heterocycles. The van der Waals surface area contributed by atoms with E-state index in [0.29, 0.717) is 23.1 Å². The minimum Gasteiger partial charge on any atom is -0.338 e. The van der Waals surface area contributed by atoms with E-state index in [9.17, 15) is 9.59 Å². The average molecular weight is 332 g/mol. The zero-order valence-corrected chi connectivity index (χ0v) is 15.0. The fourth-order valence-corrected chi connectivity index (χ4v) is 3.87. The van der Waals surface area contributed by atoms with E-state index in [1.807, 2.05) is 9.80 Å². The molecule has 2 saturated heterocycles. The first-order chi connectivity index (χ1) is 11.5. The van der Waals surface area contributed by atoms with Crippen molar-refractivity contribution >= 4 is 11.8 Å². The second-order valence-corrected chi connectivity index (χ2v) is 7.56. The van der Waals surface area contributed by atoms with Crippen molar-refractivity contribution in [3.63, 3.8) is 0 Å². The molecule has 0 aliphatic carbocycles. The van der Waals surface area contributed by atoms with Crippen LogP contribution in [0.25, 0.3) is 0 Å². The van der Waals surface area contributed by atoms with E-state index >= 15 is 0 Å². The van der Waals surface area contributed by atoms with Gasteiger partial charge in [0.2, 0.25) is 0 Å². The molecule has 0 saturated carbocycles. The summed E-state index contributed by atoms with van der Waals surface area (Å²) in [7, 11) is 1.77. The molecule has 6 nitrogen and oxygen atoms in total. The fraction of sp³-hybridized carbons (Fsp3) is 0.722. The number of aromatic nitrogens is 2. The first kappa shape index (κ1) is 17.0. The highest BCUT2D eigenvalue weighted by Gasteiger charge is 2.31. The van der Waals surface area contributed by atoms with Crippen LogP contribution in [0.15, 0.2) is 6.20 Å². The van der Waals surface area contributed by atoms with Gasteiger partial charge >= 0.3 is 0 Å². The van der Waals surface area contributed by atoms with Gasteiger partial charge in [-0.05, 0) is 37.5 Å². The summed E-state index contributed by atoms with van der Waals surface area (Å²) in [5.41, 5.74) is 0.768. The smallest absolute Gasteiger partial charge is 0.275 e. The van der Waals surface area contributed by atoms with Crippen molar-refractivity contribution in [3.05, 3.63) is 17.5 Å². The molecule has 3 rings (SSSR count). The van der Waals surface area contributed by atoms with Crippen LogP contribution in [0.4, 0.5) is 0 Å². The van der Waals surface area contributed by atoms with Gasteiger partial charge in [-0.3, -0.25) is 14.3 Å². The van der Waals surface area contributed by atoms with Gasteiger partial charge in [-0.1, -0.05) is 13.8 Å². The van der Waals surface area contributed by atoms with E-state index in [-0.39, 0.29) is 11.8 Å². The molecule has 1 aromatic rings. The lowest BCUT2D eigenvalue weighted by Crippen LogP contribution is -2.42. The maximum atomic E-state index is 12.9. The van der Waals surface area contributed by atoms with Crippen LogP contribution in [0.1, 0.15) is 60.4 Å². The number of carbonyl (C=O) groups is 2. The molecule has 0 bridgehead atoms. The molecule has 132 valence electrons. The SMILES string of the molecule is CC1CCCN(C(=O)c2cn(C)nc2C(=O)N2CCCC(C)C2)C1. The molecule has 2 aliphatic rings. The molecular weight excluding hydrogens is 304 g/mol. The Morgan fingerprint density at radius 3 is 2.08 bits per heavy atom. The summed E-state index contributed by atoms with van der Waals surface area (Å²) in [6, 6.07) is 0. The molecule has 2 amide bonds. The predicted molar refractivity (Wildman–Crippen MR) is 91.8 cm³/mol. The Morgan fingerprint density at radius 2 is 1.54 bits per heavy atom. The van der Waals surface area contributed by atoms with Crippen LogP contribution in [-0.4, -0.2) is 57.6 Å². The van der Waals surface area contributed by atoms with Gasteiger partial charge in [-0.25, -0.2) is 0 Å². The third-order valence-corrected chi connectivity index (χ3v) is 5.15. The Balaban J connectivity index is 1.82. The van der Waals surface area contributed by atoms with Crippen molar-refractivity contribution in [3.8, 4) is 0 Å². The summed E-state index contributed by atoms with van der Waals surface area (Å²) in [5.74, 6) is 0.869. The summed E-state index contributed by atoms with van der Waals surface area (Å²) < 4.78 is 1.58. The number of hydrogen-bond acceptors (Lipinski definition) is 3. The third-order valence-electron chi connectivity index (χ3n) is 5.15. The number of rotatable bonds is 2. The first-order valence-electron chi connectivity index (χ1n) is 9.08. The molecule has 2 unspecified atom stereocenters. The Kier molecular flexibility index (Phi) is 4.92. The number of carbonyl (C=O) groups excluding carboxylic acids is 2. The molecule has 2 fully saturated rings. The van der Waals surface area contributed by atoms with Crippen LogP contribution in [0.2, 0.25) is 0 Å². The monoisotopic (exact) mass is 332 g/mol. The largest absolute Gasteiger partial charge is 0.338 e. The summed E-state index contributed by atoms with van der Waals surface area (Å²) >= 11 is 0. The standard InChI is InChI=1S/C18H28N4O2/c1-13-6-4-8-21(10-13)17(23)15-12-20(3)19-16(15)18(24)22-9-5-7-14(2)11-22/h12-14H,4-11H2,1-3H3. The van der Waals surface area contributed by atoms with Crippen molar-refractivity contribution in [1.82, 2.24) is 19.6 Å². The lowest BCUT2D eigenvalue weighted by atomic mass is 9.98. The van der Waals surface area contributed by atoms with Crippen LogP contribution in [0.5, 0.6) is 0 Å². The van der Waals surface area contributed by atoms with Gasteiger partial charge in [0.05, 0.1) is 5.56 Å². The van der Waals surface area contributed by atoms with Crippen molar-refractivity contribution in [2.75, 3.05) is 26.2 Å². The molecule has 3 heterocycles. The minimum absolute atomic E-state index is 0.0527. The van der Waals surface area contributed by atoms with E-state index in [1.165, 1.54) is 0 Å². The Morgan fingerprint density at radius 1 is 1.00 bits per heavy atom. The summed E-state index contributed by atoms with van der Waals surface area (Å²) in [6.45, 7) is 7.38. The van der Waals surface area contributed by atoms with Gasteiger partial charge in [0.1, 0.15) is 0 Å². The first-order valence-corrected chi connectivity index (χ1v) is 9.08. The van der Waals surface area contributed by atoms with Crippen molar-refractivity contribution < 1.29 is 9.59 Å². The van der Waals surface area contributed by atoms with Gasteiger partial charge in [-0.15, -0.1) is 0 Å². The average Bonchev–Trinajstić information content (AvgIpc) is 2.95. The summed E-state index contributed by atoms with van der Waals surface area (Å²) in [6.07, 6.45) is 6.06. The molecule has 2 aliphatic heterocycles. The van der Waals surface area contributed by atoms with Crippen molar-refractivity contribution in [2.45, 2.75) is 39.5 Å². The highest BCUT2D eigenvalue weighted by Crippen LogP contribution is 2.22. The van der Waals surface area contributed by atoms with Crippen molar-refractivity contribution in [1.29, 1.82) is 0 Å². The topological polar surface area (TPSA) is 58.4 Å². The maximum absolute atomic E-state index is 12.9. The predicted octanol–water partition coefficient (Wildman–Crippen LogP) is 2.16. The maximum Gasteiger partial charge on any atom is 0.275 e. The molecule has 6 heteroatoms. The molecule has 24 heavy (non-hydrogen) atoms.